The summed E-state index contributed by atoms with van der Waals surface area (Å²) >= 11 is 0. The van der Waals surface area contributed by atoms with Crippen molar-refractivity contribution >= 4 is 22.9 Å². The molecule has 9 atom stereocenters. The SMILES string of the molecule is O=C(OC1OC(C(=O)O)C(O)(O)C(O)C1O)C1OC(Oc2cc(O)c3c(=O)cc(-c4ccc(O)c(O)c4)oc3c2)C(O)C(O)C1O. The van der Waals surface area contributed by atoms with Gasteiger partial charge in [-0.05, 0) is 18.2 Å². The third-order valence-electron chi connectivity index (χ3n) is 7.25. The van der Waals surface area contributed by atoms with Gasteiger partial charge in [0.15, 0.2) is 23.0 Å². The number of phenolic OH excluding ortho intramolecular Hbond substituents is 3. The van der Waals surface area contributed by atoms with Crippen molar-refractivity contribution in [2.45, 2.75) is 61.1 Å². The first kappa shape index (κ1) is 32.8. The lowest BCUT2D eigenvalue weighted by molar-refractivity contribution is -0.372. The summed E-state index contributed by atoms with van der Waals surface area (Å²) in [6.45, 7) is 0. The highest BCUT2D eigenvalue weighted by molar-refractivity contribution is 5.86. The van der Waals surface area contributed by atoms with Gasteiger partial charge in [0.05, 0.1) is 0 Å². The largest absolute Gasteiger partial charge is 0.507 e. The van der Waals surface area contributed by atoms with Crippen molar-refractivity contribution < 1.29 is 89.1 Å². The van der Waals surface area contributed by atoms with Crippen LogP contribution in [0.1, 0.15) is 0 Å². The molecule has 1 aromatic heterocycles. The van der Waals surface area contributed by atoms with Gasteiger partial charge in [0.25, 0.3) is 0 Å². The van der Waals surface area contributed by atoms with Crippen LogP contribution in [0.2, 0.25) is 0 Å². The van der Waals surface area contributed by atoms with Gasteiger partial charge in [0.2, 0.25) is 24.5 Å². The number of aliphatic hydroxyl groups is 7. The van der Waals surface area contributed by atoms with Crippen LogP contribution in [0.4, 0.5) is 0 Å². The maximum Gasteiger partial charge on any atom is 0.340 e. The molecule has 2 aromatic carbocycles. The summed E-state index contributed by atoms with van der Waals surface area (Å²) in [5.74, 6) is -9.32. The van der Waals surface area contributed by atoms with Gasteiger partial charge >= 0.3 is 11.9 Å². The molecule has 2 aliphatic heterocycles. The molecule has 0 saturated carbocycles. The van der Waals surface area contributed by atoms with E-state index in [2.05, 4.69) is 0 Å². The van der Waals surface area contributed by atoms with Crippen LogP contribution in [0.5, 0.6) is 23.0 Å². The summed E-state index contributed by atoms with van der Waals surface area (Å²) in [5.41, 5.74) is -0.863. The first-order valence-corrected chi connectivity index (χ1v) is 13.1. The Morgan fingerprint density at radius 1 is 0.783 bits per heavy atom. The van der Waals surface area contributed by atoms with Crippen molar-refractivity contribution in [3.63, 3.8) is 0 Å². The lowest BCUT2D eigenvalue weighted by Crippen LogP contribution is -2.69. The molecule has 3 heterocycles. The summed E-state index contributed by atoms with van der Waals surface area (Å²) < 4.78 is 25.9. The van der Waals surface area contributed by atoms with Crippen LogP contribution in [0, 0.1) is 0 Å². The van der Waals surface area contributed by atoms with Crippen molar-refractivity contribution in [2.24, 2.45) is 0 Å². The molecular weight excluding hydrogens is 628 g/mol. The summed E-state index contributed by atoms with van der Waals surface area (Å²) in [5, 5.41) is 110. The molecule has 9 unspecified atom stereocenters. The van der Waals surface area contributed by atoms with Crippen LogP contribution < -0.4 is 10.2 Å². The van der Waals surface area contributed by atoms with Gasteiger partial charge in [-0.3, -0.25) is 4.79 Å². The number of carbonyl (C=O) groups is 2. The van der Waals surface area contributed by atoms with Gasteiger partial charge in [-0.2, -0.15) is 0 Å². The zero-order valence-electron chi connectivity index (χ0n) is 22.8. The predicted molar refractivity (Wildman–Crippen MR) is 142 cm³/mol. The minimum atomic E-state index is -3.51. The first-order valence-electron chi connectivity index (χ1n) is 13.1. The number of aliphatic hydroxyl groups excluding tert-OH is 5. The summed E-state index contributed by atoms with van der Waals surface area (Å²) in [6, 6.07) is 6.50. The summed E-state index contributed by atoms with van der Waals surface area (Å²) in [6.07, 6.45) is -20.8. The van der Waals surface area contributed by atoms with E-state index >= 15 is 0 Å². The van der Waals surface area contributed by atoms with Crippen molar-refractivity contribution in [2.75, 3.05) is 0 Å². The maximum atomic E-state index is 12.9. The van der Waals surface area contributed by atoms with E-state index in [0.29, 0.717) is 0 Å². The zero-order valence-corrected chi connectivity index (χ0v) is 22.8. The van der Waals surface area contributed by atoms with Crippen molar-refractivity contribution in [1.82, 2.24) is 0 Å². The molecule has 2 fully saturated rings. The molecule has 0 aliphatic carbocycles. The fourth-order valence-electron chi connectivity index (χ4n) is 4.79. The predicted octanol–water partition coefficient (Wildman–Crippen LogP) is -3.48. The number of aliphatic carboxylic acids is 1. The second kappa shape index (κ2) is 12.0. The minimum Gasteiger partial charge on any atom is -0.507 e. The molecule has 248 valence electrons. The lowest BCUT2D eigenvalue weighted by atomic mass is 9.95. The number of aromatic hydroxyl groups is 3. The quantitative estimate of drug-likeness (QED) is 0.0698. The number of benzene rings is 2. The van der Waals surface area contributed by atoms with E-state index in [1.165, 1.54) is 6.07 Å². The molecule has 3 aromatic rings. The summed E-state index contributed by atoms with van der Waals surface area (Å²) in [7, 11) is 0. The van der Waals surface area contributed by atoms with Gasteiger partial charge in [0, 0.05) is 23.8 Å². The highest BCUT2D eigenvalue weighted by Gasteiger charge is 2.59. The molecular formula is C27H26O19. The second-order valence-corrected chi connectivity index (χ2v) is 10.4. The molecule has 0 radical (unpaired) electrons. The number of hydrogen-bond acceptors (Lipinski definition) is 18. The van der Waals surface area contributed by atoms with Crippen LogP contribution in [-0.2, 0) is 23.8 Å². The van der Waals surface area contributed by atoms with Crippen LogP contribution in [-0.4, -0.2) is 129 Å². The van der Waals surface area contributed by atoms with E-state index in [-0.39, 0.29) is 28.0 Å². The van der Waals surface area contributed by atoms with E-state index in [9.17, 15) is 70.6 Å². The van der Waals surface area contributed by atoms with Crippen molar-refractivity contribution in [3.8, 4) is 34.3 Å². The molecule has 2 saturated heterocycles. The molecule has 5 rings (SSSR count). The highest BCUT2D eigenvalue weighted by Crippen LogP contribution is 2.36. The fraction of sp³-hybridized carbons (Fsp3) is 0.370. The van der Waals surface area contributed by atoms with Gasteiger partial charge < -0.3 is 79.5 Å². The Kier molecular flexibility index (Phi) is 8.55. The molecule has 0 bridgehead atoms. The molecule has 11 N–H and O–H groups in total. The number of carbonyl (C=O) groups excluding carboxylic acids is 1. The number of hydrogen-bond donors (Lipinski definition) is 11. The Hall–Kier alpha value is -4.57. The number of esters is 1. The van der Waals surface area contributed by atoms with E-state index in [1.807, 2.05) is 0 Å². The molecule has 19 nitrogen and oxygen atoms in total. The second-order valence-electron chi connectivity index (χ2n) is 10.4. The number of carboxylic acids is 1. The van der Waals surface area contributed by atoms with Gasteiger partial charge in [-0.25, -0.2) is 9.59 Å². The van der Waals surface area contributed by atoms with Crippen LogP contribution in [0.25, 0.3) is 22.3 Å². The van der Waals surface area contributed by atoms with Crippen LogP contribution >= 0.6 is 0 Å². The third-order valence-corrected chi connectivity index (χ3v) is 7.25. The van der Waals surface area contributed by atoms with Gasteiger partial charge in [-0.1, -0.05) is 0 Å². The Morgan fingerprint density at radius 2 is 1.48 bits per heavy atom. The normalized spacial score (nSPS) is 30.9. The average molecular weight is 654 g/mol. The minimum absolute atomic E-state index is 0.110. The number of fused-ring (bicyclic) bond motifs is 1. The van der Waals surface area contributed by atoms with E-state index in [1.54, 1.807) is 0 Å². The number of carboxylic acid groups (broad SMARTS) is 1. The Morgan fingerprint density at radius 3 is 2.13 bits per heavy atom. The zero-order chi connectivity index (χ0) is 33.8. The van der Waals surface area contributed by atoms with Crippen LogP contribution in [0.3, 0.4) is 0 Å². The molecule has 46 heavy (non-hydrogen) atoms. The Balaban J connectivity index is 1.39. The van der Waals surface area contributed by atoms with E-state index in [4.69, 9.17) is 23.4 Å². The van der Waals surface area contributed by atoms with Crippen molar-refractivity contribution in [1.29, 1.82) is 0 Å². The number of ether oxygens (including phenoxy) is 4. The lowest BCUT2D eigenvalue weighted by Gasteiger charge is -2.43. The fourth-order valence-corrected chi connectivity index (χ4v) is 4.79. The van der Waals surface area contributed by atoms with Crippen LogP contribution in [0.15, 0.2) is 45.6 Å². The monoisotopic (exact) mass is 654 g/mol. The Bertz CT molecular complexity index is 1720. The van der Waals surface area contributed by atoms with E-state index < -0.39 is 95.7 Å². The molecule has 0 amide bonds. The number of phenols is 3. The first-order chi connectivity index (χ1) is 21.5. The Labute approximate surface area is 254 Å². The van der Waals surface area contributed by atoms with Crippen molar-refractivity contribution in [3.05, 3.63) is 46.6 Å². The standard InChI is InChI=1S/C27H26O19/c28-9-2-1-7(3-10(9)29)13-6-12(31)15-11(30)4-8(5-14(15)43-13)42-25-18(34)16(32)17(33)20(44-25)24(39)46-26-19(35)21(36)27(40,41)22(45-26)23(37)38/h1-6,16-22,25-26,28-30,32-36,40-41H,(H,37,38). The van der Waals surface area contributed by atoms with Gasteiger partial charge in [-0.15, -0.1) is 0 Å². The molecule has 0 spiro atoms. The summed E-state index contributed by atoms with van der Waals surface area (Å²) in [4.78, 5) is 37.0. The maximum absolute atomic E-state index is 12.9. The molecule has 19 heteroatoms. The average Bonchev–Trinajstić information content (AvgIpc) is 2.98. The number of rotatable bonds is 6. The topological polar surface area (TPSA) is 324 Å². The highest BCUT2D eigenvalue weighted by atomic mass is 16.8. The third kappa shape index (κ3) is 5.77. The van der Waals surface area contributed by atoms with E-state index in [0.717, 1.165) is 30.3 Å². The smallest absolute Gasteiger partial charge is 0.340 e. The molecule has 2 aliphatic rings. The van der Waals surface area contributed by atoms with Gasteiger partial charge in [0.1, 0.15) is 58.7 Å².